The highest BCUT2D eigenvalue weighted by Gasteiger charge is 2.29. The lowest BCUT2D eigenvalue weighted by Gasteiger charge is -2.24. The van der Waals surface area contributed by atoms with Crippen molar-refractivity contribution in [3.63, 3.8) is 0 Å². The Kier molecular flexibility index (Phi) is 4.51. The highest BCUT2D eigenvalue weighted by atomic mass is 32.2. The third-order valence-corrected chi connectivity index (χ3v) is 5.47. The van der Waals surface area contributed by atoms with Gasteiger partial charge in [-0.05, 0) is 35.4 Å². The molecule has 1 atom stereocenters. The van der Waals surface area contributed by atoms with Gasteiger partial charge in [-0.2, -0.15) is 13.5 Å². The molecule has 0 saturated heterocycles. The first kappa shape index (κ1) is 17.5. The summed E-state index contributed by atoms with van der Waals surface area (Å²) in [5.74, 6) is 0. The SMILES string of the molecule is O=S(=O)(O)c1ccc(N2N=C(c3ccccc3)C[C@@H]2c2ccccc2)cc1. The molecule has 0 fully saturated rings. The topological polar surface area (TPSA) is 70.0 Å². The van der Waals surface area contributed by atoms with Crippen LogP contribution in [-0.4, -0.2) is 18.7 Å². The molecule has 0 bridgehead atoms. The molecular formula is C21H18N2O3S. The van der Waals surface area contributed by atoms with Gasteiger partial charge < -0.3 is 0 Å². The summed E-state index contributed by atoms with van der Waals surface area (Å²) in [6.07, 6.45) is 0.744. The first-order chi connectivity index (χ1) is 13.0. The van der Waals surface area contributed by atoms with E-state index in [0.717, 1.165) is 28.9 Å². The van der Waals surface area contributed by atoms with Crippen LogP contribution in [0.2, 0.25) is 0 Å². The van der Waals surface area contributed by atoms with Crippen molar-refractivity contribution in [2.45, 2.75) is 17.4 Å². The molecule has 0 aromatic heterocycles. The molecule has 27 heavy (non-hydrogen) atoms. The highest BCUT2D eigenvalue weighted by molar-refractivity contribution is 7.85. The van der Waals surface area contributed by atoms with Crippen LogP contribution in [0.25, 0.3) is 0 Å². The van der Waals surface area contributed by atoms with Gasteiger partial charge in [-0.15, -0.1) is 0 Å². The average molecular weight is 378 g/mol. The zero-order chi connectivity index (χ0) is 18.9. The molecule has 4 rings (SSSR count). The smallest absolute Gasteiger partial charge is 0.282 e. The van der Waals surface area contributed by atoms with Crippen molar-refractivity contribution in [1.82, 2.24) is 0 Å². The summed E-state index contributed by atoms with van der Waals surface area (Å²) in [5, 5.41) is 6.72. The summed E-state index contributed by atoms with van der Waals surface area (Å²) >= 11 is 0. The lowest BCUT2D eigenvalue weighted by molar-refractivity contribution is 0.483. The van der Waals surface area contributed by atoms with Crippen molar-refractivity contribution >= 4 is 21.5 Å². The molecule has 0 amide bonds. The molecule has 1 aliphatic rings. The van der Waals surface area contributed by atoms with Gasteiger partial charge in [-0.1, -0.05) is 60.7 Å². The maximum atomic E-state index is 11.3. The van der Waals surface area contributed by atoms with Crippen LogP contribution < -0.4 is 5.01 Å². The molecule has 6 heteroatoms. The van der Waals surface area contributed by atoms with Gasteiger partial charge in [0.2, 0.25) is 0 Å². The molecule has 136 valence electrons. The summed E-state index contributed by atoms with van der Waals surface area (Å²) < 4.78 is 31.8. The number of hydrogen-bond acceptors (Lipinski definition) is 4. The molecule has 1 N–H and O–H groups in total. The van der Waals surface area contributed by atoms with Crippen molar-refractivity contribution in [1.29, 1.82) is 0 Å². The Labute approximate surface area is 158 Å². The van der Waals surface area contributed by atoms with Crippen molar-refractivity contribution in [3.8, 4) is 0 Å². The minimum atomic E-state index is -4.22. The Balaban J connectivity index is 1.74. The Morgan fingerprint density at radius 3 is 2.04 bits per heavy atom. The second-order valence-electron chi connectivity index (χ2n) is 6.36. The molecule has 3 aromatic rings. The predicted molar refractivity (Wildman–Crippen MR) is 106 cm³/mol. The van der Waals surface area contributed by atoms with E-state index in [4.69, 9.17) is 5.10 Å². The van der Waals surface area contributed by atoms with Gasteiger partial charge in [0.15, 0.2) is 0 Å². The fourth-order valence-corrected chi connectivity index (χ4v) is 3.74. The fourth-order valence-electron chi connectivity index (χ4n) is 3.26. The average Bonchev–Trinajstić information content (AvgIpc) is 3.14. The van der Waals surface area contributed by atoms with Gasteiger partial charge in [-0.25, -0.2) is 0 Å². The molecule has 1 aliphatic heterocycles. The van der Waals surface area contributed by atoms with E-state index in [1.54, 1.807) is 12.1 Å². The normalized spacial score (nSPS) is 17.0. The van der Waals surface area contributed by atoms with E-state index < -0.39 is 10.1 Å². The quantitative estimate of drug-likeness (QED) is 0.688. The predicted octanol–water partition coefficient (Wildman–Crippen LogP) is 4.29. The van der Waals surface area contributed by atoms with Crippen LogP contribution in [-0.2, 0) is 10.1 Å². The maximum absolute atomic E-state index is 11.3. The monoisotopic (exact) mass is 378 g/mol. The van der Waals surface area contributed by atoms with E-state index in [0.29, 0.717) is 0 Å². The second kappa shape index (κ2) is 6.98. The number of hydrogen-bond donors (Lipinski definition) is 1. The fraction of sp³-hybridized carbons (Fsp3) is 0.0952. The van der Waals surface area contributed by atoms with Crippen LogP contribution >= 0.6 is 0 Å². The van der Waals surface area contributed by atoms with Gasteiger partial charge in [0.25, 0.3) is 10.1 Å². The third kappa shape index (κ3) is 3.63. The minimum Gasteiger partial charge on any atom is -0.282 e. The zero-order valence-corrected chi connectivity index (χ0v) is 15.3. The van der Waals surface area contributed by atoms with Gasteiger partial charge in [0.05, 0.1) is 22.3 Å². The van der Waals surface area contributed by atoms with Crippen LogP contribution in [0.15, 0.2) is 94.9 Å². The summed E-state index contributed by atoms with van der Waals surface area (Å²) in [7, 11) is -4.22. The summed E-state index contributed by atoms with van der Waals surface area (Å²) in [5.41, 5.74) is 3.94. The van der Waals surface area contributed by atoms with Gasteiger partial charge in [0, 0.05) is 6.42 Å². The number of rotatable bonds is 4. The standard InChI is InChI=1S/C21H18N2O3S/c24-27(25,26)19-13-11-18(12-14-19)23-21(17-9-5-2-6-10-17)15-20(22-23)16-7-3-1-4-8-16/h1-14,21H,15H2,(H,24,25,26)/t21-/m1/s1. The van der Waals surface area contributed by atoms with E-state index in [-0.39, 0.29) is 10.9 Å². The summed E-state index contributed by atoms with van der Waals surface area (Å²) in [6.45, 7) is 0. The van der Waals surface area contributed by atoms with Gasteiger partial charge >= 0.3 is 0 Å². The summed E-state index contributed by atoms with van der Waals surface area (Å²) in [6, 6.07) is 26.2. The minimum absolute atomic E-state index is 0.0120. The van der Waals surface area contributed by atoms with Crippen molar-refractivity contribution in [2.24, 2.45) is 5.10 Å². The Bertz CT molecular complexity index is 1060. The second-order valence-corrected chi connectivity index (χ2v) is 7.78. The van der Waals surface area contributed by atoms with E-state index >= 15 is 0 Å². The zero-order valence-electron chi connectivity index (χ0n) is 14.4. The van der Waals surface area contributed by atoms with Crippen LogP contribution in [0.1, 0.15) is 23.6 Å². The molecule has 0 spiro atoms. The van der Waals surface area contributed by atoms with Crippen LogP contribution in [0.4, 0.5) is 5.69 Å². The largest absolute Gasteiger partial charge is 0.294 e. The Morgan fingerprint density at radius 2 is 1.44 bits per heavy atom. The molecule has 0 radical (unpaired) electrons. The van der Waals surface area contributed by atoms with Crippen LogP contribution in [0, 0.1) is 0 Å². The first-order valence-corrected chi connectivity index (χ1v) is 10.0. The number of anilines is 1. The molecule has 1 heterocycles. The van der Waals surface area contributed by atoms with E-state index in [9.17, 15) is 13.0 Å². The van der Waals surface area contributed by atoms with Gasteiger partial charge in [0.1, 0.15) is 0 Å². The van der Waals surface area contributed by atoms with Crippen molar-refractivity contribution in [2.75, 3.05) is 5.01 Å². The molecule has 0 aliphatic carbocycles. The molecule has 5 nitrogen and oxygen atoms in total. The molecular weight excluding hydrogens is 360 g/mol. The van der Waals surface area contributed by atoms with Crippen LogP contribution in [0.3, 0.4) is 0 Å². The lowest BCUT2D eigenvalue weighted by Crippen LogP contribution is -2.18. The number of hydrazone groups is 1. The maximum Gasteiger partial charge on any atom is 0.294 e. The lowest BCUT2D eigenvalue weighted by atomic mass is 9.98. The number of benzene rings is 3. The third-order valence-electron chi connectivity index (χ3n) is 4.60. The van der Waals surface area contributed by atoms with Crippen molar-refractivity contribution in [3.05, 3.63) is 96.1 Å². The molecule has 0 unspecified atom stereocenters. The number of nitrogens with zero attached hydrogens (tertiary/aromatic N) is 2. The van der Waals surface area contributed by atoms with Crippen molar-refractivity contribution < 1.29 is 13.0 Å². The van der Waals surface area contributed by atoms with E-state index in [1.165, 1.54) is 12.1 Å². The van der Waals surface area contributed by atoms with E-state index in [1.807, 2.05) is 53.5 Å². The first-order valence-electron chi connectivity index (χ1n) is 8.57. The summed E-state index contributed by atoms with van der Waals surface area (Å²) in [4.78, 5) is -0.131. The Hall–Kier alpha value is -2.96. The van der Waals surface area contributed by atoms with Gasteiger partial charge in [-0.3, -0.25) is 9.56 Å². The van der Waals surface area contributed by atoms with Crippen LogP contribution in [0.5, 0.6) is 0 Å². The Morgan fingerprint density at radius 1 is 0.852 bits per heavy atom. The molecule has 3 aromatic carbocycles. The van der Waals surface area contributed by atoms with E-state index in [2.05, 4.69) is 12.1 Å². The highest BCUT2D eigenvalue weighted by Crippen LogP contribution is 2.36. The molecule has 0 saturated carbocycles.